The number of hydrogen-bond donors (Lipinski definition) is 2. The second-order valence-corrected chi connectivity index (χ2v) is 4.96. The van der Waals surface area contributed by atoms with Gasteiger partial charge in [-0.15, -0.1) is 0 Å². The maximum absolute atomic E-state index is 5.84. The zero-order valence-electron chi connectivity index (χ0n) is 12.6. The van der Waals surface area contributed by atoms with E-state index in [1.807, 2.05) is 20.0 Å². The molecule has 0 bridgehead atoms. The summed E-state index contributed by atoms with van der Waals surface area (Å²) in [5.74, 6) is 1.54. The smallest absolute Gasteiger partial charge is 0.161 e. The fourth-order valence-electron chi connectivity index (χ4n) is 2.26. The molecule has 1 rings (SSSR count). The van der Waals surface area contributed by atoms with Crippen molar-refractivity contribution in [2.24, 2.45) is 5.73 Å². The number of aryl methyl sites for hydroxylation is 1. The van der Waals surface area contributed by atoms with Crippen LogP contribution in [-0.4, -0.2) is 27.3 Å². The summed E-state index contributed by atoms with van der Waals surface area (Å²) in [6, 6.07) is 4.57. The molecule has 4 heteroatoms. The van der Waals surface area contributed by atoms with E-state index in [1.165, 1.54) is 11.1 Å². The highest BCUT2D eigenvalue weighted by Gasteiger charge is 2.16. The maximum Gasteiger partial charge on any atom is 0.161 e. The Balaban J connectivity index is 3.02. The molecular weight excluding hydrogens is 240 g/mol. The van der Waals surface area contributed by atoms with Gasteiger partial charge in [0, 0.05) is 12.1 Å². The summed E-state index contributed by atoms with van der Waals surface area (Å²) in [5.41, 5.74) is 8.27. The lowest BCUT2D eigenvalue weighted by molar-refractivity contribution is 0.353. The minimum Gasteiger partial charge on any atom is -0.493 e. The first-order chi connectivity index (χ1) is 9.03. The minimum atomic E-state index is 0.219. The van der Waals surface area contributed by atoms with E-state index < -0.39 is 0 Å². The number of methoxy groups -OCH3 is 2. The van der Waals surface area contributed by atoms with Gasteiger partial charge in [-0.2, -0.15) is 0 Å². The quantitative estimate of drug-likeness (QED) is 0.795. The summed E-state index contributed by atoms with van der Waals surface area (Å²) in [4.78, 5) is 0. The third-order valence-electron chi connectivity index (χ3n) is 3.41. The third-order valence-corrected chi connectivity index (χ3v) is 3.41. The fourth-order valence-corrected chi connectivity index (χ4v) is 2.26. The Morgan fingerprint density at radius 1 is 1.16 bits per heavy atom. The van der Waals surface area contributed by atoms with Crippen LogP contribution in [0.15, 0.2) is 12.1 Å². The standard InChI is InChI=1S/C15H26N2O2/c1-10-8-14(18-4)15(19-5)9-12(10)13(17-3)7-6-11(2)16/h8-9,11,13,17H,6-7,16H2,1-5H3. The molecule has 4 nitrogen and oxygen atoms in total. The Bertz CT molecular complexity index is 405. The van der Waals surface area contributed by atoms with Crippen molar-refractivity contribution in [3.05, 3.63) is 23.3 Å². The van der Waals surface area contributed by atoms with Crippen LogP contribution in [0, 0.1) is 6.92 Å². The molecule has 1 aromatic rings. The van der Waals surface area contributed by atoms with Gasteiger partial charge in [0.15, 0.2) is 11.5 Å². The molecule has 108 valence electrons. The van der Waals surface area contributed by atoms with E-state index >= 15 is 0 Å². The van der Waals surface area contributed by atoms with Crippen molar-refractivity contribution in [3.63, 3.8) is 0 Å². The van der Waals surface area contributed by atoms with Crippen molar-refractivity contribution >= 4 is 0 Å². The van der Waals surface area contributed by atoms with E-state index in [9.17, 15) is 0 Å². The van der Waals surface area contributed by atoms with Gasteiger partial charge in [0.2, 0.25) is 0 Å². The number of hydrogen-bond acceptors (Lipinski definition) is 4. The minimum absolute atomic E-state index is 0.219. The maximum atomic E-state index is 5.84. The molecule has 0 saturated carbocycles. The number of rotatable bonds is 7. The second-order valence-electron chi connectivity index (χ2n) is 4.96. The fraction of sp³-hybridized carbons (Fsp3) is 0.600. The first-order valence-electron chi connectivity index (χ1n) is 6.68. The SMILES string of the molecule is CNC(CCC(C)N)c1cc(OC)c(OC)cc1C. The summed E-state index contributed by atoms with van der Waals surface area (Å²) in [7, 11) is 5.29. The summed E-state index contributed by atoms with van der Waals surface area (Å²) in [6.45, 7) is 4.13. The molecule has 0 fully saturated rings. The van der Waals surface area contributed by atoms with Gasteiger partial charge < -0.3 is 20.5 Å². The van der Waals surface area contributed by atoms with Crippen molar-refractivity contribution in [1.82, 2.24) is 5.32 Å². The molecule has 3 N–H and O–H groups in total. The molecule has 0 aliphatic rings. The van der Waals surface area contributed by atoms with Gasteiger partial charge >= 0.3 is 0 Å². The van der Waals surface area contributed by atoms with Gasteiger partial charge in [0.25, 0.3) is 0 Å². The van der Waals surface area contributed by atoms with Crippen molar-refractivity contribution in [2.75, 3.05) is 21.3 Å². The van der Waals surface area contributed by atoms with Crippen molar-refractivity contribution in [3.8, 4) is 11.5 Å². The Labute approximate surface area is 116 Å². The van der Waals surface area contributed by atoms with Crippen LogP contribution in [0.25, 0.3) is 0 Å². The highest BCUT2D eigenvalue weighted by Crippen LogP contribution is 2.34. The van der Waals surface area contributed by atoms with Crippen LogP contribution in [0.5, 0.6) is 11.5 Å². The van der Waals surface area contributed by atoms with E-state index in [1.54, 1.807) is 14.2 Å². The predicted molar refractivity (Wildman–Crippen MR) is 79.0 cm³/mol. The number of ether oxygens (including phenoxy) is 2. The van der Waals surface area contributed by atoms with E-state index in [0.29, 0.717) is 0 Å². The molecule has 0 aliphatic carbocycles. The predicted octanol–water partition coefficient (Wildman–Crippen LogP) is 2.40. The number of nitrogens with one attached hydrogen (secondary N) is 1. The summed E-state index contributed by atoms with van der Waals surface area (Å²) in [6.07, 6.45) is 1.99. The van der Waals surface area contributed by atoms with Gasteiger partial charge in [-0.05, 0) is 57.0 Å². The Morgan fingerprint density at radius 2 is 1.74 bits per heavy atom. The van der Waals surface area contributed by atoms with Gasteiger partial charge in [-0.1, -0.05) is 0 Å². The molecule has 0 saturated heterocycles. The van der Waals surface area contributed by atoms with Crippen molar-refractivity contribution in [2.45, 2.75) is 38.8 Å². The number of benzene rings is 1. The second kappa shape index (κ2) is 7.36. The van der Waals surface area contributed by atoms with E-state index in [2.05, 4.69) is 18.3 Å². The van der Waals surface area contributed by atoms with Crippen molar-refractivity contribution in [1.29, 1.82) is 0 Å². The van der Waals surface area contributed by atoms with E-state index in [4.69, 9.17) is 15.2 Å². The van der Waals surface area contributed by atoms with Crippen LogP contribution in [-0.2, 0) is 0 Å². The summed E-state index contributed by atoms with van der Waals surface area (Å²) >= 11 is 0. The van der Waals surface area contributed by atoms with Crippen LogP contribution >= 0.6 is 0 Å². The zero-order chi connectivity index (χ0) is 14.4. The highest BCUT2D eigenvalue weighted by molar-refractivity contribution is 5.48. The van der Waals surface area contributed by atoms with Crippen LogP contribution in [0.1, 0.15) is 36.9 Å². The Hall–Kier alpha value is -1.26. The van der Waals surface area contributed by atoms with Crippen LogP contribution < -0.4 is 20.5 Å². The summed E-state index contributed by atoms with van der Waals surface area (Å²) in [5, 5.41) is 3.35. The lowest BCUT2D eigenvalue weighted by atomic mass is 9.95. The molecule has 0 spiro atoms. The molecule has 0 radical (unpaired) electrons. The average molecular weight is 266 g/mol. The first kappa shape index (κ1) is 15.8. The van der Waals surface area contributed by atoms with Gasteiger partial charge in [-0.25, -0.2) is 0 Å². The van der Waals surface area contributed by atoms with Crippen LogP contribution in [0.3, 0.4) is 0 Å². The zero-order valence-corrected chi connectivity index (χ0v) is 12.6. The monoisotopic (exact) mass is 266 g/mol. The molecule has 19 heavy (non-hydrogen) atoms. The normalized spacial score (nSPS) is 14.0. The van der Waals surface area contributed by atoms with Gasteiger partial charge in [-0.3, -0.25) is 0 Å². The molecule has 0 amide bonds. The van der Waals surface area contributed by atoms with Crippen molar-refractivity contribution < 1.29 is 9.47 Å². The highest BCUT2D eigenvalue weighted by atomic mass is 16.5. The molecule has 1 aromatic carbocycles. The molecular formula is C15H26N2O2. The van der Waals surface area contributed by atoms with E-state index in [-0.39, 0.29) is 12.1 Å². The van der Waals surface area contributed by atoms with Gasteiger partial charge in [0.05, 0.1) is 14.2 Å². The van der Waals surface area contributed by atoms with Crippen LogP contribution in [0.4, 0.5) is 0 Å². The lowest BCUT2D eigenvalue weighted by Crippen LogP contribution is -2.22. The molecule has 0 aliphatic heterocycles. The van der Waals surface area contributed by atoms with Gasteiger partial charge in [0.1, 0.15) is 0 Å². The molecule has 0 heterocycles. The average Bonchev–Trinajstić information content (AvgIpc) is 2.40. The lowest BCUT2D eigenvalue weighted by Gasteiger charge is -2.21. The first-order valence-corrected chi connectivity index (χ1v) is 6.68. The largest absolute Gasteiger partial charge is 0.493 e. The third kappa shape index (κ3) is 4.11. The van der Waals surface area contributed by atoms with Crippen LogP contribution in [0.2, 0.25) is 0 Å². The molecule has 0 aromatic heterocycles. The topological polar surface area (TPSA) is 56.5 Å². The Morgan fingerprint density at radius 3 is 2.21 bits per heavy atom. The molecule has 2 unspecified atom stereocenters. The van der Waals surface area contributed by atoms with E-state index in [0.717, 1.165) is 24.3 Å². The summed E-state index contributed by atoms with van der Waals surface area (Å²) < 4.78 is 10.7. The molecule has 2 atom stereocenters. The number of nitrogens with two attached hydrogens (primary N) is 1. The Kier molecular flexibility index (Phi) is 6.12.